The van der Waals surface area contributed by atoms with Crippen LogP contribution in [0.3, 0.4) is 0 Å². The van der Waals surface area contributed by atoms with Gasteiger partial charge in [-0.05, 0) is 37.3 Å². The van der Waals surface area contributed by atoms with Crippen molar-refractivity contribution in [3.63, 3.8) is 0 Å². The Hall–Kier alpha value is -0.120. The number of nitrogens with two attached hydrogens (primary N) is 1. The molecule has 1 fully saturated rings. The van der Waals surface area contributed by atoms with Crippen LogP contribution < -0.4 is 5.73 Å². The molecule has 0 bridgehead atoms. The molecule has 0 radical (unpaired) electrons. The minimum absolute atomic E-state index is 0.0752. The molecule has 16 heavy (non-hydrogen) atoms. The molecular formula is C13H28N2O. The number of aliphatic hydroxyl groups excluding tert-OH is 1. The van der Waals surface area contributed by atoms with Crippen molar-refractivity contribution in [3.05, 3.63) is 0 Å². The molecule has 0 aromatic rings. The van der Waals surface area contributed by atoms with E-state index in [0.29, 0.717) is 11.3 Å². The number of hydrogen-bond donors (Lipinski definition) is 2. The predicted octanol–water partition coefficient (Wildman–Crippen LogP) is 1.45. The van der Waals surface area contributed by atoms with Crippen LogP contribution in [-0.2, 0) is 0 Å². The van der Waals surface area contributed by atoms with Crippen molar-refractivity contribution in [2.75, 3.05) is 19.7 Å². The fraction of sp³-hybridized carbons (Fsp3) is 1.00. The van der Waals surface area contributed by atoms with Crippen molar-refractivity contribution in [3.8, 4) is 0 Å². The Morgan fingerprint density at radius 2 is 1.75 bits per heavy atom. The molecule has 0 saturated carbocycles. The normalized spacial score (nSPS) is 25.7. The second kappa shape index (κ2) is 5.48. The van der Waals surface area contributed by atoms with Gasteiger partial charge < -0.3 is 10.8 Å². The van der Waals surface area contributed by atoms with Crippen LogP contribution in [0.1, 0.15) is 40.5 Å². The van der Waals surface area contributed by atoms with Crippen LogP contribution in [0.5, 0.6) is 0 Å². The van der Waals surface area contributed by atoms with Crippen LogP contribution in [0, 0.1) is 11.3 Å². The highest BCUT2D eigenvalue weighted by molar-refractivity contribution is 4.88. The van der Waals surface area contributed by atoms with E-state index in [-0.39, 0.29) is 18.7 Å². The summed E-state index contributed by atoms with van der Waals surface area (Å²) in [7, 11) is 0. The number of rotatable bonds is 4. The lowest BCUT2D eigenvalue weighted by atomic mass is 9.81. The van der Waals surface area contributed by atoms with Crippen molar-refractivity contribution in [1.82, 2.24) is 4.90 Å². The molecule has 1 saturated heterocycles. The average Bonchev–Trinajstić information content (AvgIpc) is 2.21. The fourth-order valence-corrected chi connectivity index (χ4v) is 2.39. The molecule has 1 heterocycles. The van der Waals surface area contributed by atoms with Crippen LogP contribution in [0.4, 0.5) is 0 Å². The van der Waals surface area contributed by atoms with E-state index in [0.717, 1.165) is 13.1 Å². The van der Waals surface area contributed by atoms with Gasteiger partial charge in [-0.3, -0.25) is 4.90 Å². The first-order chi connectivity index (χ1) is 7.37. The second-order valence-corrected chi connectivity index (χ2v) is 6.27. The van der Waals surface area contributed by atoms with Gasteiger partial charge in [0.2, 0.25) is 0 Å². The van der Waals surface area contributed by atoms with Gasteiger partial charge in [-0.1, -0.05) is 27.7 Å². The molecule has 0 spiro atoms. The fourth-order valence-electron chi connectivity index (χ4n) is 2.39. The van der Waals surface area contributed by atoms with Crippen LogP contribution in [0.15, 0.2) is 0 Å². The molecule has 0 amide bonds. The Bertz CT molecular complexity index is 206. The van der Waals surface area contributed by atoms with Gasteiger partial charge in [0.25, 0.3) is 0 Å². The Balaban J connectivity index is 2.55. The monoisotopic (exact) mass is 228 g/mol. The maximum atomic E-state index is 9.51. The summed E-state index contributed by atoms with van der Waals surface area (Å²) in [6.45, 7) is 11.2. The molecule has 3 heteroatoms. The SMILES string of the molecule is CC(C)C(N)C(CO)N1CCC(C)(C)CC1. The number of likely N-dealkylation sites (tertiary alicyclic amines) is 1. The van der Waals surface area contributed by atoms with Crippen molar-refractivity contribution >= 4 is 0 Å². The van der Waals surface area contributed by atoms with Gasteiger partial charge in [0.1, 0.15) is 0 Å². The third-order valence-electron chi connectivity index (χ3n) is 4.02. The van der Waals surface area contributed by atoms with E-state index in [4.69, 9.17) is 5.73 Å². The zero-order valence-electron chi connectivity index (χ0n) is 11.2. The Labute approximate surface area is 100 Å². The Kier molecular flexibility index (Phi) is 4.77. The van der Waals surface area contributed by atoms with Crippen LogP contribution in [-0.4, -0.2) is 41.8 Å². The van der Waals surface area contributed by atoms with Gasteiger partial charge >= 0.3 is 0 Å². The van der Waals surface area contributed by atoms with Gasteiger partial charge in [0.05, 0.1) is 6.61 Å². The summed E-state index contributed by atoms with van der Waals surface area (Å²) in [6.07, 6.45) is 2.41. The first-order valence-electron chi connectivity index (χ1n) is 6.48. The summed E-state index contributed by atoms with van der Waals surface area (Å²) in [5, 5.41) is 9.51. The van der Waals surface area contributed by atoms with E-state index in [2.05, 4.69) is 32.6 Å². The maximum absolute atomic E-state index is 9.51. The highest BCUT2D eigenvalue weighted by atomic mass is 16.3. The van der Waals surface area contributed by atoms with Gasteiger partial charge in [-0.2, -0.15) is 0 Å². The van der Waals surface area contributed by atoms with Crippen LogP contribution in [0.25, 0.3) is 0 Å². The molecule has 1 aliphatic rings. The molecule has 0 aliphatic carbocycles. The van der Waals surface area contributed by atoms with E-state index in [1.54, 1.807) is 0 Å². The minimum atomic E-state index is 0.0752. The average molecular weight is 228 g/mol. The molecule has 0 aromatic heterocycles. The molecule has 2 unspecified atom stereocenters. The molecule has 0 aromatic carbocycles. The van der Waals surface area contributed by atoms with Crippen LogP contribution in [0.2, 0.25) is 0 Å². The summed E-state index contributed by atoms with van der Waals surface area (Å²) in [5.41, 5.74) is 6.62. The maximum Gasteiger partial charge on any atom is 0.0602 e. The van der Waals surface area contributed by atoms with E-state index in [9.17, 15) is 5.11 Å². The topological polar surface area (TPSA) is 49.5 Å². The summed E-state index contributed by atoms with van der Waals surface area (Å²) in [6, 6.07) is 0.210. The van der Waals surface area contributed by atoms with Gasteiger partial charge in [-0.15, -0.1) is 0 Å². The number of hydrogen-bond acceptors (Lipinski definition) is 3. The molecular weight excluding hydrogens is 200 g/mol. The number of aliphatic hydroxyl groups is 1. The van der Waals surface area contributed by atoms with Crippen molar-refractivity contribution in [1.29, 1.82) is 0 Å². The molecule has 96 valence electrons. The standard InChI is InChI=1S/C13H28N2O/c1-10(2)12(14)11(9-16)15-7-5-13(3,4)6-8-15/h10-12,16H,5-9,14H2,1-4H3. The van der Waals surface area contributed by atoms with Crippen molar-refractivity contribution in [2.45, 2.75) is 52.6 Å². The van der Waals surface area contributed by atoms with Crippen molar-refractivity contribution < 1.29 is 5.11 Å². The first kappa shape index (κ1) is 13.9. The molecule has 1 rings (SSSR count). The van der Waals surface area contributed by atoms with E-state index in [1.807, 2.05) is 0 Å². The summed E-state index contributed by atoms with van der Waals surface area (Å²) in [4.78, 5) is 2.37. The van der Waals surface area contributed by atoms with E-state index in [1.165, 1.54) is 12.8 Å². The summed E-state index contributed by atoms with van der Waals surface area (Å²) in [5.74, 6) is 0.423. The largest absolute Gasteiger partial charge is 0.395 e. The molecule has 3 N–H and O–H groups in total. The minimum Gasteiger partial charge on any atom is -0.395 e. The molecule has 1 aliphatic heterocycles. The quantitative estimate of drug-likeness (QED) is 0.766. The van der Waals surface area contributed by atoms with Gasteiger partial charge in [0.15, 0.2) is 0 Å². The summed E-state index contributed by atoms with van der Waals surface area (Å²) >= 11 is 0. The molecule has 2 atom stereocenters. The van der Waals surface area contributed by atoms with Gasteiger partial charge in [-0.25, -0.2) is 0 Å². The van der Waals surface area contributed by atoms with Crippen LogP contribution >= 0.6 is 0 Å². The Morgan fingerprint density at radius 3 is 2.12 bits per heavy atom. The number of piperidine rings is 1. The van der Waals surface area contributed by atoms with Crippen molar-refractivity contribution in [2.24, 2.45) is 17.1 Å². The lowest BCUT2D eigenvalue weighted by molar-refractivity contribution is 0.0427. The zero-order valence-corrected chi connectivity index (χ0v) is 11.2. The Morgan fingerprint density at radius 1 is 1.25 bits per heavy atom. The predicted molar refractivity (Wildman–Crippen MR) is 68.3 cm³/mol. The number of nitrogens with zero attached hydrogens (tertiary/aromatic N) is 1. The highest BCUT2D eigenvalue weighted by Gasteiger charge is 2.32. The second-order valence-electron chi connectivity index (χ2n) is 6.27. The van der Waals surface area contributed by atoms with Gasteiger partial charge in [0, 0.05) is 12.1 Å². The lowest BCUT2D eigenvalue weighted by Gasteiger charge is -2.43. The molecule has 3 nitrogen and oxygen atoms in total. The van der Waals surface area contributed by atoms with E-state index < -0.39 is 0 Å². The summed E-state index contributed by atoms with van der Waals surface area (Å²) < 4.78 is 0. The smallest absolute Gasteiger partial charge is 0.0602 e. The third kappa shape index (κ3) is 3.44. The first-order valence-corrected chi connectivity index (χ1v) is 6.48. The third-order valence-corrected chi connectivity index (χ3v) is 4.02. The highest BCUT2D eigenvalue weighted by Crippen LogP contribution is 2.31. The van der Waals surface area contributed by atoms with E-state index >= 15 is 0 Å². The zero-order chi connectivity index (χ0) is 12.3. The lowest BCUT2D eigenvalue weighted by Crippen LogP contribution is -2.55.